The van der Waals surface area contributed by atoms with Gasteiger partial charge in [0.2, 0.25) is 0 Å². The van der Waals surface area contributed by atoms with Crippen molar-refractivity contribution in [3.05, 3.63) is 34.9 Å². The Morgan fingerprint density at radius 3 is 2.11 bits per heavy atom. The number of hydrogen-bond donors (Lipinski definition) is 0. The third-order valence-electron chi connectivity index (χ3n) is 7.22. The van der Waals surface area contributed by atoms with E-state index in [9.17, 15) is 8.78 Å². The van der Waals surface area contributed by atoms with Crippen molar-refractivity contribution in [2.75, 3.05) is 0 Å². The summed E-state index contributed by atoms with van der Waals surface area (Å²) >= 11 is 0. The second kappa shape index (κ2) is 9.67. The molecule has 148 valence electrons. The van der Waals surface area contributed by atoms with Crippen molar-refractivity contribution in [1.29, 1.82) is 5.26 Å². The molecule has 2 aliphatic carbocycles. The van der Waals surface area contributed by atoms with Gasteiger partial charge in [-0.25, -0.2) is 8.78 Å². The van der Waals surface area contributed by atoms with Crippen LogP contribution in [0.2, 0.25) is 0 Å². The summed E-state index contributed by atoms with van der Waals surface area (Å²) in [7, 11) is 0. The van der Waals surface area contributed by atoms with Gasteiger partial charge in [-0.15, -0.1) is 0 Å². The molecule has 1 nitrogen and oxygen atoms in total. The topological polar surface area (TPSA) is 23.8 Å². The molecule has 0 N–H and O–H groups in total. The molecule has 0 radical (unpaired) electrons. The maximum atomic E-state index is 14.3. The van der Waals surface area contributed by atoms with Gasteiger partial charge in [0.25, 0.3) is 0 Å². The predicted octanol–water partition coefficient (Wildman–Crippen LogP) is 7.50. The van der Waals surface area contributed by atoms with E-state index in [0.717, 1.165) is 43.4 Å². The summed E-state index contributed by atoms with van der Waals surface area (Å²) in [6, 6.07) is 4.78. The lowest BCUT2D eigenvalue weighted by Gasteiger charge is -2.38. The summed E-state index contributed by atoms with van der Waals surface area (Å²) in [5.41, 5.74) is 0.283. The average Bonchev–Trinajstić information content (AvgIpc) is 2.71. The Hall–Kier alpha value is -1.43. The Bertz CT molecular complexity index is 647. The van der Waals surface area contributed by atoms with Crippen LogP contribution in [0.15, 0.2) is 12.1 Å². The quantitative estimate of drug-likeness (QED) is 0.474. The van der Waals surface area contributed by atoms with Crippen LogP contribution >= 0.6 is 0 Å². The zero-order chi connectivity index (χ0) is 19.2. The van der Waals surface area contributed by atoms with Gasteiger partial charge in [-0.2, -0.15) is 5.26 Å². The number of rotatable bonds is 6. The van der Waals surface area contributed by atoms with Gasteiger partial charge < -0.3 is 0 Å². The molecule has 0 bridgehead atoms. The van der Waals surface area contributed by atoms with E-state index in [1.54, 1.807) is 12.1 Å². The monoisotopic (exact) mass is 373 g/mol. The van der Waals surface area contributed by atoms with Gasteiger partial charge in [-0.3, -0.25) is 0 Å². The first-order valence-corrected chi connectivity index (χ1v) is 11.0. The highest BCUT2D eigenvalue weighted by atomic mass is 19.2. The van der Waals surface area contributed by atoms with E-state index < -0.39 is 11.6 Å². The fraction of sp³-hybridized carbons (Fsp3) is 0.708. The minimum absolute atomic E-state index is 0.105. The highest BCUT2D eigenvalue weighted by molar-refractivity contribution is 5.36. The third kappa shape index (κ3) is 4.89. The molecule has 0 amide bonds. The normalized spacial score (nSPS) is 28.7. The van der Waals surface area contributed by atoms with Crippen molar-refractivity contribution in [1.82, 2.24) is 0 Å². The maximum Gasteiger partial charge on any atom is 0.176 e. The van der Waals surface area contributed by atoms with E-state index in [1.807, 2.05) is 0 Å². The van der Waals surface area contributed by atoms with Gasteiger partial charge in [0, 0.05) is 0 Å². The van der Waals surface area contributed by atoms with Gasteiger partial charge >= 0.3 is 0 Å². The van der Waals surface area contributed by atoms with Gasteiger partial charge in [-0.1, -0.05) is 51.5 Å². The fourth-order valence-electron chi connectivity index (χ4n) is 5.50. The van der Waals surface area contributed by atoms with E-state index >= 15 is 0 Å². The van der Waals surface area contributed by atoms with Crippen LogP contribution in [0.1, 0.15) is 101 Å². The van der Waals surface area contributed by atoms with Crippen molar-refractivity contribution < 1.29 is 8.78 Å². The van der Waals surface area contributed by atoms with Crippen molar-refractivity contribution in [2.24, 2.45) is 17.8 Å². The van der Waals surface area contributed by atoms with E-state index in [2.05, 4.69) is 6.92 Å². The lowest BCUT2D eigenvalue weighted by atomic mass is 9.68. The summed E-state index contributed by atoms with van der Waals surface area (Å²) in [6.07, 6.45) is 15.2. The zero-order valence-corrected chi connectivity index (χ0v) is 16.7. The van der Waals surface area contributed by atoms with Crippen LogP contribution in [0.3, 0.4) is 0 Å². The molecule has 0 aliphatic heterocycles. The van der Waals surface area contributed by atoms with Crippen molar-refractivity contribution in [2.45, 2.75) is 89.9 Å². The Kier molecular flexibility index (Phi) is 7.27. The number of nitrogens with zero attached hydrogens (tertiary/aromatic N) is 1. The van der Waals surface area contributed by atoms with E-state index in [1.165, 1.54) is 57.4 Å². The molecule has 27 heavy (non-hydrogen) atoms. The molecular weight excluding hydrogens is 340 g/mol. The van der Waals surface area contributed by atoms with Crippen LogP contribution in [0.25, 0.3) is 0 Å². The smallest absolute Gasteiger partial charge is 0.176 e. The maximum absolute atomic E-state index is 14.3. The van der Waals surface area contributed by atoms with Crippen LogP contribution in [0.4, 0.5) is 8.78 Å². The van der Waals surface area contributed by atoms with Crippen molar-refractivity contribution in [3.63, 3.8) is 0 Å². The number of benzene rings is 1. The Balaban J connectivity index is 1.49. The number of halogens is 2. The fourth-order valence-corrected chi connectivity index (χ4v) is 5.50. The number of nitriles is 1. The van der Waals surface area contributed by atoms with Crippen LogP contribution < -0.4 is 0 Å². The van der Waals surface area contributed by atoms with Crippen LogP contribution in [-0.2, 0) is 0 Å². The second-order valence-electron chi connectivity index (χ2n) is 8.83. The first-order chi connectivity index (χ1) is 13.1. The molecule has 1 aromatic carbocycles. The Labute approximate surface area is 163 Å². The highest BCUT2D eigenvalue weighted by Crippen LogP contribution is 2.45. The van der Waals surface area contributed by atoms with Crippen molar-refractivity contribution in [3.8, 4) is 6.07 Å². The summed E-state index contributed by atoms with van der Waals surface area (Å²) in [5, 5.41) is 8.85. The van der Waals surface area contributed by atoms with Gasteiger partial charge in [0.1, 0.15) is 6.07 Å². The molecule has 1 aromatic rings. The van der Waals surface area contributed by atoms with Crippen LogP contribution in [0, 0.1) is 40.7 Å². The first kappa shape index (κ1) is 20.3. The molecule has 2 saturated carbocycles. The van der Waals surface area contributed by atoms with Gasteiger partial charge in [0.05, 0.1) is 5.56 Å². The molecule has 0 saturated heterocycles. The lowest BCUT2D eigenvalue weighted by molar-refractivity contribution is 0.155. The van der Waals surface area contributed by atoms with Gasteiger partial charge in [0.15, 0.2) is 11.6 Å². The molecular formula is C24H33F2N. The lowest BCUT2D eigenvalue weighted by Crippen LogP contribution is -2.25. The number of hydrogen-bond acceptors (Lipinski definition) is 1. The Morgan fingerprint density at radius 2 is 1.52 bits per heavy atom. The molecule has 3 rings (SSSR count). The highest BCUT2D eigenvalue weighted by Gasteiger charge is 2.32. The van der Waals surface area contributed by atoms with Crippen LogP contribution in [-0.4, -0.2) is 0 Å². The van der Waals surface area contributed by atoms with E-state index in [-0.39, 0.29) is 11.5 Å². The molecule has 0 aromatic heterocycles. The molecule has 0 heterocycles. The summed E-state index contributed by atoms with van der Waals surface area (Å²) in [4.78, 5) is 0. The van der Waals surface area contributed by atoms with Crippen molar-refractivity contribution >= 4 is 0 Å². The SMILES string of the molecule is CCCCC[C@H]1CC[C@H]([C@H]2CC[C@H](c3ccc(C#N)c(F)c3F)CC2)CC1. The largest absolute Gasteiger partial charge is 0.203 e. The average molecular weight is 374 g/mol. The molecule has 0 unspecified atom stereocenters. The minimum Gasteiger partial charge on any atom is -0.203 e. The summed E-state index contributed by atoms with van der Waals surface area (Å²) in [6.45, 7) is 2.27. The van der Waals surface area contributed by atoms with E-state index in [0.29, 0.717) is 5.56 Å². The van der Waals surface area contributed by atoms with E-state index in [4.69, 9.17) is 5.26 Å². The minimum atomic E-state index is -0.974. The molecule has 0 spiro atoms. The predicted molar refractivity (Wildman–Crippen MR) is 105 cm³/mol. The van der Waals surface area contributed by atoms with Gasteiger partial charge in [-0.05, 0) is 73.8 Å². The molecule has 0 atom stereocenters. The summed E-state index contributed by atoms with van der Waals surface area (Å²) in [5.74, 6) is 0.886. The van der Waals surface area contributed by atoms with Crippen LogP contribution in [0.5, 0.6) is 0 Å². The standard InChI is InChI=1S/C24H33F2N/c1-2-3-4-5-17-6-8-18(9-7-17)19-10-12-20(13-11-19)22-15-14-21(16-27)23(25)24(22)26/h14-15,17-20H,2-13H2,1H3/t17-,18-,19-,20-. The second-order valence-corrected chi connectivity index (χ2v) is 8.83. The number of unbranched alkanes of at least 4 members (excludes halogenated alkanes) is 2. The third-order valence-corrected chi connectivity index (χ3v) is 7.22. The first-order valence-electron chi connectivity index (χ1n) is 11.0. The Morgan fingerprint density at radius 1 is 0.889 bits per heavy atom. The molecule has 3 heteroatoms. The molecule has 2 fully saturated rings. The summed E-state index contributed by atoms with van der Waals surface area (Å²) < 4.78 is 28.3. The zero-order valence-electron chi connectivity index (χ0n) is 16.7. The molecule has 2 aliphatic rings.